The number of unbranched alkanes of at least 4 members (excludes halogenated alkanes) is 18. The van der Waals surface area contributed by atoms with Crippen molar-refractivity contribution in [1.82, 2.24) is 0 Å². The van der Waals surface area contributed by atoms with Crippen LogP contribution in [-0.4, -0.2) is 12.3 Å². The Morgan fingerprint density at radius 2 is 0.774 bits per heavy atom. The van der Waals surface area contributed by atoms with Crippen LogP contribution in [0, 0.1) is 0 Å². The fourth-order valence-electron chi connectivity index (χ4n) is 4.71. The molecule has 0 N–H and O–H groups in total. The molecule has 31 heavy (non-hydrogen) atoms. The summed E-state index contributed by atoms with van der Waals surface area (Å²) in [4.78, 5) is 0. The Balaban J connectivity index is 3.88. The number of hydrogen-bond donors (Lipinski definition) is 0. The van der Waals surface area contributed by atoms with Gasteiger partial charge in [0.05, 0.1) is 0 Å². The zero-order chi connectivity index (χ0) is 22.8. The average Bonchev–Trinajstić information content (AvgIpc) is 2.78. The highest BCUT2D eigenvalue weighted by molar-refractivity contribution is 7.62. The molecule has 0 fully saturated rings. The second-order valence-electron chi connectivity index (χ2n) is 9.81. The third-order valence-electron chi connectivity index (χ3n) is 6.77. The molecule has 0 rings (SSSR count). The average molecular weight is 453 g/mol. The van der Waals surface area contributed by atoms with E-state index in [9.17, 15) is 0 Å². The van der Waals surface area contributed by atoms with E-state index in [2.05, 4.69) is 33.8 Å². The van der Waals surface area contributed by atoms with Crippen molar-refractivity contribution >= 4 is 7.92 Å². The molecule has 1 heteroatoms. The smallest absolute Gasteiger partial charge is 0.0289 e. The predicted molar refractivity (Wildman–Crippen MR) is 149 cm³/mol. The molecule has 0 aromatic carbocycles. The first kappa shape index (κ1) is 31.2. The Labute approximate surface area is 200 Å². The lowest BCUT2D eigenvalue weighted by Crippen LogP contribution is -1.95. The summed E-state index contributed by atoms with van der Waals surface area (Å²) < 4.78 is 0. The van der Waals surface area contributed by atoms with E-state index in [1.165, 1.54) is 154 Å². The normalized spacial score (nSPS) is 12.2. The molecule has 0 aliphatic heterocycles. The first-order chi connectivity index (χ1) is 15.3. The van der Waals surface area contributed by atoms with Crippen LogP contribution in [0.4, 0.5) is 0 Å². The molecule has 0 aliphatic rings. The fraction of sp³-hybridized carbons (Fsp3) is 0.933. The van der Waals surface area contributed by atoms with Crippen LogP contribution in [0.15, 0.2) is 11.4 Å². The lowest BCUT2D eigenvalue weighted by molar-refractivity contribution is 0.561. The van der Waals surface area contributed by atoms with Crippen molar-refractivity contribution in [3.8, 4) is 0 Å². The molecule has 0 nitrogen and oxygen atoms in total. The maximum Gasteiger partial charge on any atom is -0.0289 e. The highest BCUT2D eigenvalue weighted by atomic mass is 31.1. The van der Waals surface area contributed by atoms with Crippen molar-refractivity contribution in [2.75, 3.05) is 12.3 Å². The van der Waals surface area contributed by atoms with Crippen molar-refractivity contribution in [3.63, 3.8) is 0 Å². The van der Waals surface area contributed by atoms with Gasteiger partial charge in [-0.05, 0) is 38.0 Å². The Kier molecular flexibility index (Phi) is 26.6. The van der Waals surface area contributed by atoms with Gasteiger partial charge in [-0.25, -0.2) is 0 Å². The minimum absolute atomic E-state index is 0.162. The van der Waals surface area contributed by atoms with Crippen LogP contribution in [-0.2, 0) is 0 Å². The minimum atomic E-state index is 0.162. The summed E-state index contributed by atoms with van der Waals surface area (Å²) in [5.74, 6) is 0. The molecule has 0 amide bonds. The van der Waals surface area contributed by atoms with E-state index in [-0.39, 0.29) is 7.92 Å². The van der Waals surface area contributed by atoms with Gasteiger partial charge < -0.3 is 0 Å². The summed E-state index contributed by atoms with van der Waals surface area (Å²) in [6.07, 6.45) is 37.4. The Morgan fingerprint density at radius 1 is 0.452 bits per heavy atom. The van der Waals surface area contributed by atoms with Crippen LogP contribution in [0.2, 0.25) is 0 Å². The van der Waals surface area contributed by atoms with Gasteiger partial charge in [-0.3, -0.25) is 0 Å². The molecular weight excluding hydrogens is 391 g/mol. The van der Waals surface area contributed by atoms with E-state index < -0.39 is 0 Å². The maximum atomic E-state index is 2.58. The molecular formula is C30H61P. The van der Waals surface area contributed by atoms with Gasteiger partial charge in [0.1, 0.15) is 0 Å². The standard InChI is InChI=1S/C30H61P/c1-5-9-11-13-15-17-19-21-23-25-28-31(30(8-4)27-7-3)29-26-24-22-20-18-16-14-12-10-6-2/h27H,5-26,28-29H2,1-4H3. The SMILES string of the molecule is CCC=C(CC)P(CCCCCCCCCCCC)CCCCCCCCCCCC. The van der Waals surface area contributed by atoms with E-state index in [0.717, 1.165) is 0 Å². The molecule has 186 valence electrons. The van der Waals surface area contributed by atoms with Crippen LogP contribution in [0.5, 0.6) is 0 Å². The van der Waals surface area contributed by atoms with Gasteiger partial charge in [0, 0.05) is 0 Å². The summed E-state index contributed by atoms with van der Waals surface area (Å²) >= 11 is 0. The topological polar surface area (TPSA) is 0 Å². The van der Waals surface area contributed by atoms with Crippen LogP contribution >= 0.6 is 7.92 Å². The molecule has 0 aliphatic carbocycles. The lowest BCUT2D eigenvalue weighted by atomic mass is 10.1. The third kappa shape index (κ3) is 21.8. The van der Waals surface area contributed by atoms with Crippen LogP contribution < -0.4 is 0 Å². The first-order valence-electron chi connectivity index (χ1n) is 14.7. The molecule has 0 aromatic rings. The first-order valence-corrected chi connectivity index (χ1v) is 16.4. The molecule has 0 aromatic heterocycles. The van der Waals surface area contributed by atoms with Gasteiger partial charge in [0.2, 0.25) is 0 Å². The largest absolute Gasteiger partial charge is 0.0811 e. The maximum absolute atomic E-state index is 2.58. The van der Waals surface area contributed by atoms with E-state index in [0.29, 0.717) is 0 Å². The molecule has 0 unspecified atom stereocenters. The summed E-state index contributed by atoms with van der Waals surface area (Å²) in [6, 6.07) is 0. The van der Waals surface area contributed by atoms with E-state index in [1.807, 2.05) is 5.31 Å². The van der Waals surface area contributed by atoms with Gasteiger partial charge in [-0.2, -0.15) is 0 Å². The van der Waals surface area contributed by atoms with E-state index >= 15 is 0 Å². The zero-order valence-electron chi connectivity index (χ0n) is 22.5. The van der Waals surface area contributed by atoms with Crippen LogP contribution in [0.25, 0.3) is 0 Å². The number of hydrogen-bond acceptors (Lipinski definition) is 0. The van der Waals surface area contributed by atoms with Gasteiger partial charge >= 0.3 is 0 Å². The van der Waals surface area contributed by atoms with Crippen molar-refractivity contribution < 1.29 is 0 Å². The Hall–Kier alpha value is 0.170. The number of rotatable bonds is 25. The highest BCUT2D eigenvalue weighted by Gasteiger charge is 2.11. The van der Waals surface area contributed by atoms with Crippen LogP contribution in [0.3, 0.4) is 0 Å². The summed E-state index contributed by atoms with van der Waals surface area (Å²) in [6.45, 7) is 9.34. The van der Waals surface area contributed by atoms with E-state index in [4.69, 9.17) is 0 Å². The van der Waals surface area contributed by atoms with Crippen molar-refractivity contribution in [3.05, 3.63) is 11.4 Å². The molecule has 0 atom stereocenters. The summed E-state index contributed by atoms with van der Waals surface area (Å²) in [5.41, 5.74) is 0. The van der Waals surface area contributed by atoms with Gasteiger partial charge in [-0.15, -0.1) is 0 Å². The van der Waals surface area contributed by atoms with Gasteiger partial charge in [-0.1, -0.05) is 163 Å². The number of allylic oxidation sites excluding steroid dienone is 2. The molecule has 0 saturated carbocycles. The summed E-state index contributed by atoms with van der Waals surface area (Å²) in [7, 11) is 0.162. The summed E-state index contributed by atoms with van der Waals surface area (Å²) in [5, 5.41) is 1.84. The Morgan fingerprint density at radius 3 is 1.06 bits per heavy atom. The molecule has 0 heterocycles. The van der Waals surface area contributed by atoms with Crippen molar-refractivity contribution in [1.29, 1.82) is 0 Å². The lowest BCUT2D eigenvalue weighted by Gasteiger charge is -2.21. The van der Waals surface area contributed by atoms with Crippen LogP contribution in [0.1, 0.15) is 169 Å². The minimum Gasteiger partial charge on any atom is -0.0811 e. The second-order valence-corrected chi connectivity index (χ2v) is 12.4. The Bertz CT molecular complexity index is 335. The highest BCUT2D eigenvalue weighted by Crippen LogP contribution is 2.48. The quantitative estimate of drug-likeness (QED) is 0.0954. The fourth-order valence-corrected chi connectivity index (χ4v) is 7.61. The second kappa shape index (κ2) is 26.4. The third-order valence-corrected chi connectivity index (χ3v) is 9.79. The molecule has 0 spiro atoms. The molecule has 0 bridgehead atoms. The monoisotopic (exact) mass is 452 g/mol. The van der Waals surface area contributed by atoms with Gasteiger partial charge in [0.15, 0.2) is 0 Å². The van der Waals surface area contributed by atoms with E-state index in [1.54, 1.807) is 0 Å². The molecule has 0 radical (unpaired) electrons. The predicted octanol–water partition coefficient (Wildman–Crippen LogP) is 12.0. The zero-order valence-corrected chi connectivity index (χ0v) is 23.4. The van der Waals surface area contributed by atoms with Crippen molar-refractivity contribution in [2.45, 2.75) is 169 Å². The molecule has 0 saturated heterocycles. The van der Waals surface area contributed by atoms with Gasteiger partial charge in [0.25, 0.3) is 0 Å². The van der Waals surface area contributed by atoms with Crippen molar-refractivity contribution in [2.24, 2.45) is 0 Å².